The van der Waals surface area contributed by atoms with E-state index in [1.165, 1.54) is 18.4 Å². The topological polar surface area (TPSA) is 36.2 Å². The number of nitrogens with zero attached hydrogens (tertiary/aromatic N) is 1. The normalized spacial score (nSPS) is 9.79. The van der Waals surface area contributed by atoms with Gasteiger partial charge in [0.2, 0.25) is 0 Å². The third kappa shape index (κ3) is 2.80. The molecule has 74 valence electrons. The first-order valence-corrected chi connectivity index (χ1v) is 4.92. The van der Waals surface area contributed by atoms with Gasteiger partial charge in [0.15, 0.2) is 5.84 Å². The highest BCUT2D eigenvalue weighted by Crippen LogP contribution is 2.08. The Hall–Kier alpha value is -1.44. The van der Waals surface area contributed by atoms with E-state index in [0.717, 1.165) is 12.0 Å². The third-order valence-corrected chi connectivity index (χ3v) is 2.20. The zero-order valence-corrected chi connectivity index (χ0v) is 8.59. The fourth-order valence-corrected chi connectivity index (χ4v) is 1.30. The number of aryl methyl sites for hydroxylation is 1. The molecule has 0 saturated carbocycles. The second kappa shape index (κ2) is 5.32. The van der Waals surface area contributed by atoms with Crippen molar-refractivity contribution in [3.8, 4) is 0 Å². The first kappa shape index (κ1) is 10.6. The molecule has 0 saturated heterocycles. The van der Waals surface area contributed by atoms with Gasteiger partial charge in [-0.05, 0) is 25.1 Å². The predicted molar refractivity (Wildman–Crippen MR) is 61.4 cm³/mol. The summed E-state index contributed by atoms with van der Waals surface area (Å²) < 4.78 is 0. The summed E-state index contributed by atoms with van der Waals surface area (Å²) in [5.41, 5.74) is 2.16. The molecule has 14 heavy (non-hydrogen) atoms. The fraction of sp³-hybridized carbons (Fsp3) is 0.333. The molecule has 1 N–H and O–H groups in total. The lowest BCUT2D eigenvalue weighted by molar-refractivity contribution is 0.795. The molecule has 0 amide bonds. The Balaban J connectivity index is 2.68. The SMILES string of the molecule is C=NC(=N)c1ccc(CCCC)cc1. The van der Waals surface area contributed by atoms with Crippen molar-refractivity contribution >= 4 is 12.6 Å². The summed E-state index contributed by atoms with van der Waals surface area (Å²) in [4.78, 5) is 3.58. The van der Waals surface area contributed by atoms with Crippen molar-refractivity contribution in [3.05, 3.63) is 35.4 Å². The maximum atomic E-state index is 7.46. The van der Waals surface area contributed by atoms with E-state index >= 15 is 0 Å². The average Bonchev–Trinajstić information content (AvgIpc) is 2.26. The zero-order chi connectivity index (χ0) is 10.4. The lowest BCUT2D eigenvalue weighted by Crippen LogP contribution is -1.94. The van der Waals surface area contributed by atoms with Gasteiger partial charge in [-0.1, -0.05) is 37.6 Å². The minimum Gasteiger partial charge on any atom is -0.282 e. The van der Waals surface area contributed by atoms with Crippen LogP contribution in [0.3, 0.4) is 0 Å². The van der Waals surface area contributed by atoms with Gasteiger partial charge in [-0.25, -0.2) is 4.99 Å². The molecule has 0 radical (unpaired) electrons. The zero-order valence-electron chi connectivity index (χ0n) is 8.59. The largest absolute Gasteiger partial charge is 0.282 e. The second-order valence-electron chi connectivity index (χ2n) is 3.31. The highest BCUT2D eigenvalue weighted by Gasteiger charge is 1.97. The summed E-state index contributed by atoms with van der Waals surface area (Å²) in [5.74, 6) is 0.243. The number of rotatable bonds is 4. The number of hydrogen-bond donors (Lipinski definition) is 1. The molecule has 1 aromatic rings. The number of nitrogens with one attached hydrogen (secondary N) is 1. The summed E-state index contributed by atoms with van der Waals surface area (Å²) in [7, 11) is 0. The molecule has 2 heteroatoms. The summed E-state index contributed by atoms with van der Waals surface area (Å²) in [6, 6.07) is 7.99. The minimum absolute atomic E-state index is 0.243. The van der Waals surface area contributed by atoms with Gasteiger partial charge in [0.25, 0.3) is 0 Å². The van der Waals surface area contributed by atoms with Crippen LogP contribution in [0.15, 0.2) is 29.3 Å². The molecule has 0 spiro atoms. The van der Waals surface area contributed by atoms with Crippen molar-refractivity contribution in [2.24, 2.45) is 4.99 Å². The van der Waals surface area contributed by atoms with E-state index in [-0.39, 0.29) is 5.84 Å². The van der Waals surface area contributed by atoms with Crippen molar-refractivity contribution in [3.63, 3.8) is 0 Å². The molecular weight excluding hydrogens is 172 g/mol. The van der Waals surface area contributed by atoms with Crippen molar-refractivity contribution in [1.29, 1.82) is 5.41 Å². The Kier molecular flexibility index (Phi) is 4.05. The van der Waals surface area contributed by atoms with Crippen LogP contribution in [0.25, 0.3) is 0 Å². The summed E-state index contributed by atoms with van der Waals surface area (Å²) in [6.07, 6.45) is 3.55. The first-order valence-electron chi connectivity index (χ1n) is 4.92. The molecule has 0 atom stereocenters. The highest BCUT2D eigenvalue weighted by molar-refractivity contribution is 5.98. The number of hydrogen-bond acceptors (Lipinski definition) is 1. The van der Waals surface area contributed by atoms with Crippen LogP contribution in [0.2, 0.25) is 0 Å². The van der Waals surface area contributed by atoms with Gasteiger partial charge < -0.3 is 0 Å². The van der Waals surface area contributed by atoms with Crippen molar-refractivity contribution in [1.82, 2.24) is 0 Å². The maximum absolute atomic E-state index is 7.46. The van der Waals surface area contributed by atoms with E-state index in [1.54, 1.807) is 0 Å². The van der Waals surface area contributed by atoms with E-state index in [9.17, 15) is 0 Å². The third-order valence-electron chi connectivity index (χ3n) is 2.20. The van der Waals surface area contributed by atoms with Gasteiger partial charge in [-0.3, -0.25) is 5.41 Å². The maximum Gasteiger partial charge on any atom is 0.151 e. The molecule has 0 fully saturated rings. The molecule has 2 nitrogen and oxygen atoms in total. The molecule has 0 aromatic heterocycles. The Morgan fingerprint density at radius 2 is 2.00 bits per heavy atom. The minimum atomic E-state index is 0.243. The van der Waals surface area contributed by atoms with Crippen molar-refractivity contribution in [2.75, 3.05) is 0 Å². The van der Waals surface area contributed by atoms with Crippen LogP contribution >= 0.6 is 0 Å². The first-order chi connectivity index (χ1) is 6.77. The van der Waals surface area contributed by atoms with Crippen LogP contribution < -0.4 is 0 Å². The lowest BCUT2D eigenvalue weighted by Gasteiger charge is -2.01. The van der Waals surface area contributed by atoms with E-state index in [0.29, 0.717) is 0 Å². The van der Waals surface area contributed by atoms with Gasteiger partial charge in [0, 0.05) is 5.56 Å². The van der Waals surface area contributed by atoms with Gasteiger partial charge in [-0.15, -0.1) is 0 Å². The Bertz CT molecular complexity index is 312. The second-order valence-corrected chi connectivity index (χ2v) is 3.31. The fourth-order valence-electron chi connectivity index (χ4n) is 1.30. The van der Waals surface area contributed by atoms with Gasteiger partial charge in [-0.2, -0.15) is 0 Å². The van der Waals surface area contributed by atoms with Crippen LogP contribution in [-0.4, -0.2) is 12.6 Å². The van der Waals surface area contributed by atoms with E-state index < -0.39 is 0 Å². The lowest BCUT2D eigenvalue weighted by atomic mass is 10.1. The Morgan fingerprint density at radius 1 is 1.36 bits per heavy atom. The van der Waals surface area contributed by atoms with Crippen LogP contribution in [0.1, 0.15) is 30.9 Å². The number of unbranched alkanes of at least 4 members (excludes halogenated alkanes) is 1. The van der Waals surface area contributed by atoms with E-state index in [4.69, 9.17) is 5.41 Å². The summed E-state index contributed by atoms with van der Waals surface area (Å²) in [6.45, 7) is 5.52. The average molecular weight is 188 g/mol. The number of benzene rings is 1. The van der Waals surface area contributed by atoms with Gasteiger partial charge in [0.05, 0.1) is 0 Å². The molecule has 1 rings (SSSR count). The van der Waals surface area contributed by atoms with E-state index in [1.807, 2.05) is 12.1 Å². The number of aliphatic imine (C=N–C) groups is 1. The highest BCUT2D eigenvalue weighted by atomic mass is 14.8. The predicted octanol–water partition coefficient (Wildman–Crippen LogP) is 3.06. The van der Waals surface area contributed by atoms with Crippen LogP contribution in [0.5, 0.6) is 0 Å². The van der Waals surface area contributed by atoms with Crippen LogP contribution in [0, 0.1) is 5.41 Å². The van der Waals surface area contributed by atoms with Crippen molar-refractivity contribution < 1.29 is 0 Å². The Labute approximate surface area is 85.2 Å². The smallest absolute Gasteiger partial charge is 0.151 e. The summed E-state index contributed by atoms with van der Waals surface area (Å²) in [5, 5.41) is 7.46. The molecular formula is C12H16N2. The molecule has 0 aliphatic carbocycles. The molecule has 0 unspecified atom stereocenters. The van der Waals surface area contributed by atoms with Crippen LogP contribution in [0.4, 0.5) is 0 Å². The van der Waals surface area contributed by atoms with Gasteiger partial charge in [0.1, 0.15) is 0 Å². The monoisotopic (exact) mass is 188 g/mol. The van der Waals surface area contributed by atoms with Gasteiger partial charge >= 0.3 is 0 Å². The van der Waals surface area contributed by atoms with Crippen LogP contribution in [-0.2, 0) is 6.42 Å². The van der Waals surface area contributed by atoms with E-state index in [2.05, 4.69) is 30.8 Å². The molecule has 0 aliphatic heterocycles. The Morgan fingerprint density at radius 3 is 2.50 bits per heavy atom. The molecule has 0 bridgehead atoms. The van der Waals surface area contributed by atoms with Crippen molar-refractivity contribution in [2.45, 2.75) is 26.2 Å². The molecule has 0 heterocycles. The molecule has 1 aromatic carbocycles. The molecule has 0 aliphatic rings. The summed E-state index contributed by atoms with van der Waals surface area (Å²) >= 11 is 0. The standard InChI is InChI=1S/C12H16N2/c1-3-4-5-10-6-8-11(9-7-10)12(13)14-2/h6-9,13H,2-5H2,1H3. The number of amidine groups is 1. The quantitative estimate of drug-likeness (QED) is 0.557.